The lowest BCUT2D eigenvalue weighted by Gasteiger charge is -2.05. The highest BCUT2D eigenvalue weighted by molar-refractivity contribution is 5.68. The Bertz CT molecular complexity index is 467. The standard InChI is InChI=1S/C15H14/c1-3-13-11-15(10-9-12(13)2)14-7-5-4-6-8-14/h3-11H,1H2,2H3. The molecule has 0 aliphatic heterocycles. The molecule has 0 aromatic heterocycles. The van der Waals surface area contributed by atoms with E-state index in [1.165, 1.54) is 22.3 Å². The lowest BCUT2D eigenvalue weighted by Crippen LogP contribution is -1.83. The van der Waals surface area contributed by atoms with Crippen molar-refractivity contribution in [1.29, 1.82) is 0 Å². The Hall–Kier alpha value is -1.82. The van der Waals surface area contributed by atoms with Gasteiger partial charge in [0.2, 0.25) is 0 Å². The van der Waals surface area contributed by atoms with Gasteiger partial charge in [-0.25, -0.2) is 0 Å². The first-order chi connectivity index (χ1) is 7.31. The number of benzene rings is 2. The van der Waals surface area contributed by atoms with Crippen molar-refractivity contribution in [1.82, 2.24) is 0 Å². The van der Waals surface area contributed by atoms with E-state index in [0.29, 0.717) is 0 Å². The normalized spacial score (nSPS) is 9.93. The molecule has 0 heterocycles. The summed E-state index contributed by atoms with van der Waals surface area (Å²) in [7, 11) is 0. The minimum absolute atomic E-state index is 1.20. The maximum absolute atomic E-state index is 3.83. The van der Waals surface area contributed by atoms with Crippen LogP contribution in [0.3, 0.4) is 0 Å². The highest BCUT2D eigenvalue weighted by Gasteiger charge is 1.99. The molecule has 0 saturated heterocycles. The van der Waals surface area contributed by atoms with E-state index < -0.39 is 0 Å². The summed E-state index contributed by atoms with van der Waals surface area (Å²) < 4.78 is 0. The Kier molecular flexibility index (Phi) is 2.68. The lowest BCUT2D eigenvalue weighted by atomic mass is 10.00. The molecule has 0 amide bonds. The minimum atomic E-state index is 1.20. The van der Waals surface area contributed by atoms with Crippen molar-refractivity contribution in [2.45, 2.75) is 6.92 Å². The molecule has 0 aliphatic carbocycles. The van der Waals surface area contributed by atoms with E-state index in [-0.39, 0.29) is 0 Å². The largest absolute Gasteiger partial charge is 0.0985 e. The third-order valence-corrected chi connectivity index (χ3v) is 2.61. The van der Waals surface area contributed by atoms with E-state index in [1.54, 1.807) is 0 Å². The van der Waals surface area contributed by atoms with Gasteiger partial charge in [0.1, 0.15) is 0 Å². The van der Waals surface area contributed by atoms with Gasteiger partial charge in [0.05, 0.1) is 0 Å². The second kappa shape index (κ2) is 4.14. The molecule has 0 nitrogen and oxygen atoms in total. The topological polar surface area (TPSA) is 0 Å². The Morgan fingerprint density at radius 2 is 1.67 bits per heavy atom. The molecule has 0 saturated carbocycles. The van der Waals surface area contributed by atoms with Crippen molar-refractivity contribution in [2.24, 2.45) is 0 Å². The molecule has 0 atom stereocenters. The summed E-state index contributed by atoms with van der Waals surface area (Å²) in [5, 5.41) is 0. The second-order valence-electron chi connectivity index (χ2n) is 3.64. The van der Waals surface area contributed by atoms with Crippen molar-refractivity contribution < 1.29 is 0 Å². The molecule has 74 valence electrons. The molecule has 2 rings (SSSR count). The van der Waals surface area contributed by atoms with Crippen LogP contribution in [0.5, 0.6) is 0 Å². The molecule has 0 aliphatic rings. The molecule has 0 heteroatoms. The van der Waals surface area contributed by atoms with Crippen molar-refractivity contribution in [2.75, 3.05) is 0 Å². The van der Waals surface area contributed by atoms with E-state index in [2.05, 4.69) is 56.0 Å². The first-order valence-electron chi connectivity index (χ1n) is 5.10. The van der Waals surface area contributed by atoms with Crippen LogP contribution < -0.4 is 0 Å². The molecule has 0 radical (unpaired) electrons. The highest BCUT2D eigenvalue weighted by atomic mass is 14.0. The quantitative estimate of drug-likeness (QED) is 0.668. The number of hydrogen-bond donors (Lipinski definition) is 0. The zero-order valence-corrected chi connectivity index (χ0v) is 8.90. The van der Waals surface area contributed by atoms with Crippen LogP contribution >= 0.6 is 0 Å². The Balaban J connectivity index is 2.51. The molecule has 0 bridgehead atoms. The number of aryl methyl sites for hydroxylation is 1. The monoisotopic (exact) mass is 194 g/mol. The molecular weight excluding hydrogens is 180 g/mol. The van der Waals surface area contributed by atoms with Gasteiger partial charge in [-0.05, 0) is 35.2 Å². The third kappa shape index (κ3) is 1.99. The fraction of sp³-hybridized carbons (Fsp3) is 0.0667. The summed E-state index contributed by atoms with van der Waals surface area (Å²) in [6.45, 7) is 5.93. The molecule has 15 heavy (non-hydrogen) atoms. The van der Waals surface area contributed by atoms with Crippen molar-refractivity contribution in [3.05, 3.63) is 66.2 Å². The fourth-order valence-corrected chi connectivity index (χ4v) is 1.67. The molecule has 0 N–H and O–H groups in total. The van der Waals surface area contributed by atoms with Crippen LogP contribution in [0.4, 0.5) is 0 Å². The van der Waals surface area contributed by atoms with E-state index in [9.17, 15) is 0 Å². The molecule has 0 spiro atoms. The zero-order chi connectivity index (χ0) is 10.7. The zero-order valence-electron chi connectivity index (χ0n) is 8.90. The van der Waals surface area contributed by atoms with Gasteiger partial charge in [-0.15, -0.1) is 0 Å². The maximum atomic E-state index is 3.83. The summed E-state index contributed by atoms with van der Waals surface area (Å²) in [5.74, 6) is 0. The van der Waals surface area contributed by atoms with Crippen molar-refractivity contribution >= 4 is 6.08 Å². The first kappa shape index (κ1) is 9.72. The summed E-state index contributed by atoms with van der Waals surface area (Å²) in [6, 6.07) is 16.9. The van der Waals surface area contributed by atoms with Crippen LogP contribution in [0, 0.1) is 6.92 Å². The van der Waals surface area contributed by atoms with Gasteiger partial charge < -0.3 is 0 Å². The Labute approximate surface area is 90.9 Å². The first-order valence-corrected chi connectivity index (χ1v) is 5.10. The van der Waals surface area contributed by atoms with Crippen molar-refractivity contribution in [3.63, 3.8) is 0 Å². The predicted octanol–water partition coefficient (Wildman–Crippen LogP) is 4.31. The Morgan fingerprint density at radius 3 is 2.33 bits per heavy atom. The number of rotatable bonds is 2. The van der Waals surface area contributed by atoms with Crippen LogP contribution in [0.15, 0.2) is 55.1 Å². The summed E-state index contributed by atoms with van der Waals surface area (Å²) in [6.07, 6.45) is 1.90. The van der Waals surface area contributed by atoms with Crippen LogP contribution in [-0.2, 0) is 0 Å². The van der Waals surface area contributed by atoms with Crippen LogP contribution in [0.25, 0.3) is 17.2 Å². The van der Waals surface area contributed by atoms with Gasteiger partial charge in [0.25, 0.3) is 0 Å². The average Bonchev–Trinajstić information content (AvgIpc) is 2.31. The van der Waals surface area contributed by atoms with E-state index in [1.807, 2.05) is 12.1 Å². The van der Waals surface area contributed by atoms with Gasteiger partial charge >= 0.3 is 0 Å². The van der Waals surface area contributed by atoms with Gasteiger partial charge in [-0.1, -0.05) is 55.1 Å². The van der Waals surface area contributed by atoms with E-state index >= 15 is 0 Å². The average molecular weight is 194 g/mol. The van der Waals surface area contributed by atoms with E-state index in [0.717, 1.165) is 0 Å². The van der Waals surface area contributed by atoms with Crippen molar-refractivity contribution in [3.8, 4) is 11.1 Å². The fourth-order valence-electron chi connectivity index (χ4n) is 1.67. The molecule has 0 fully saturated rings. The highest BCUT2D eigenvalue weighted by Crippen LogP contribution is 2.22. The summed E-state index contributed by atoms with van der Waals surface area (Å²) in [5.41, 5.74) is 4.97. The molecule has 0 unspecified atom stereocenters. The van der Waals surface area contributed by atoms with Gasteiger partial charge in [-0.3, -0.25) is 0 Å². The van der Waals surface area contributed by atoms with Gasteiger partial charge in [-0.2, -0.15) is 0 Å². The van der Waals surface area contributed by atoms with E-state index in [4.69, 9.17) is 0 Å². The minimum Gasteiger partial charge on any atom is -0.0985 e. The predicted molar refractivity (Wildman–Crippen MR) is 66.7 cm³/mol. The molecule has 2 aromatic carbocycles. The maximum Gasteiger partial charge on any atom is -0.0178 e. The third-order valence-electron chi connectivity index (χ3n) is 2.61. The summed E-state index contributed by atoms with van der Waals surface area (Å²) in [4.78, 5) is 0. The summed E-state index contributed by atoms with van der Waals surface area (Å²) >= 11 is 0. The molecular formula is C15H14. The number of hydrogen-bond acceptors (Lipinski definition) is 0. The van der Waals surface area contributed by atoms with Gasteiger partial charge in [0, 0.05) is 0 Å². The smallest absolute Gasteiger partial charge is 0.0178 e. The Morgan fingerprint density at radius 1 is 0.933 bits per heavy atom. The molecule has 2 aromatic rings. The van der Waals surface area contributed by atoms with Crippen LogP contribution in [-0.4, -0.2) is 0 Å². The van der Waals surface area contributed by atoms with Crippen LogP contribution in [0.1, 0.15) is 11.1 Å². The SMILES string of the molecule is C=Cc1cc(-c2ccccc2)ccc1C. The second-order valence-corrected chi connectivity index (χ2v) is 3.64. The van der Waals surface area contributed by atoms with Gasteiger partial charge in [0.15, 0.2) is 0 Å². The lowest BCUT2D eigenvalue weighted by molar-refractivity contribution is 1.44. The van der Waals surface area contributed by atoms with Crippen LogP contribution in [0.2, 0.25) is 0 Å².